The lowest BCUT2D eigenvalue weighted by Gasteiger charge is -2.14. The topological polar surface area (TPSA) is 94.3 Å². The van der Waals surface area contributed by atoms with E-state index in [1.54, 1.807) is 19.1 Å². The first kappa shape index (κ1) is 18.1. The molecule has 2 atom stereocenters. The predicted molar refractivity (Wildman–Crippen MR) is 96.3 cm³/mol. The Balaban J connectivity index is 1.59. The molecule has 0 saturated carbocycles. The molecule has 2 aromatic rings. The number of aromatic nitrogens is 1. The molecule has 2 N–H and O–H groups in total. The van der Waals surface area contributed by atoms with Crippen molar-refractivity contribution in [3.63, 3.8) is 0 Å². The summed E-state index contributed by atoms with van der Waals surface area (Å²) in [6, 6.07) is 11.5. The van der Waals surface area contributed by atoms with E-state index in [1.165, 1.54) is 0 Å². The second kappa shape index (κ2) is 7.67. The molecule has 1 aliphatic rings. The van der Waals surface area contributed by atoms with Crippen molar-refractivity contribution in [2.24, 2.45) is 0 Å². The minimum Gasteiger partial charge on any atom is -0.483 e. The molecule has 0 spiro atoms. The maximum absolute atomic E-state index is 11.1. The Bertz CT molecular complexity index is 779. The number of anilines is 1. The second-order valence-electron chi connectivity index (χ2n) is 6.48. The summed E-state index contributed by atoms with van der Waals surface area (Å²) < 4.78 is 11.6. The third-order valence-electron chi connectivity index (χ3n) is 4.27. The van der Waals surface area contributed by atoms with E-state index < -0.39 is 4.92 Å². The first-order chi connectivity index (χ1) is 12.4. The molecule has 1 saturated heterocycles. The summed E-state index contributed by atoms with van der Waals surface area (Å²) >= 11 is 0. The lowest BCUT2D eigenvalue weighted by Crippen LogP contribution is -2.82. The Morgan fingerprint density at radius 2 is 2.04 bits per heavy atom. The van der Waals surface area contributed by atoms with Crippen molar-refractivity contribution in [3.05, 3.63) is 57.8 Å². The van der Waals surface area contributed by atoms with Crippen LogP contribution in [0, 0.1) is 17.0 Å². The fourth-order valence-corrected chi connectivity index (χ4v) is 2.83. The average Bonchev–Trinajstić information content (AvgIpc) is 3.09. The van der Waals surface area contributed by atoms with Crippen LogP contribution in [0.2, 0.25) is 0 Å². The summed E-state index contributed by atoms with van der Waals surface area (Å²) in [6.07, 6.45) is -0.236. The third kappa shape index (κ3) is 4.09. The molecule has 8 heteroatoms. The van der Waals surface area contributed by atoms with Crippen molar-refractivity contribution < 1.29 is 19.7 Å². The second-order valence-corrected chi connectivity index (χ2v) is 6.48. The van der Waals surface area contributed by atoms with Crippen molar-refractivity contribution >= 4 is 11.5 Å². The molecule has 1 aromatic heterocycles. The van der Waals surface area contributed by atoms with Gasteiger partial charge in [-0.05, 0) is 46.3 Å². The van der Waals surface area contributed by atoms with E-state index in [0.29, 0.717) is 5.69 Å². The van der Waals surface area contributed by atoms with Crippen molar-refractivity contribution in [3.8, 4) is 5.75 Å². The fourth-order valence-electron chi connectivity index (χ4n) is 2.83. The van der Waals surface area contributed by atoms with E-state index in [9.17, 15) is 10.1 Å². The molecule has 0 radical (unpaired) electrons. The molecule has 1 aliphatic heterocycles. The largest absolute Gasteiger partial charge is 0.483 e. The summed E-state index contributed by atoms with van der Waals surface area (Å²) in [4.78, 5) is 16.5. The molecular formula is C18H23N4O4+. The number of nitrogens with zero attached hydrogens (tertiary/aromatic N) is 3. The van der Waals surface area contributed by atoms with Crippen LogP contribution in [0.3, 0.4) is 0 Å². The number of rotatable bonds is 6. The van der Waals surface area contributed by atoms with Gasteiger partial charge < -0.3 is 29.8 Å². The van der Waals surface area contributed by atoms with Gasteiger partial charge in [0.2, 0.25) is 12.0 Å². The van der Waals surface area contributed by atoms with Gasteiger partial charge in [0.05, 0.1) is 0 Å². The Kier molecular flexibility index (Phi) is 5.34. The molecular weight excluding hydrogens is 336 g/mol. The number of pyridine rings is 1. The number of nitrogens with two attached hydrogens (primary N) is 1. The molecule has 0 amide bonds. The number of ether oxygens (including phenoxy) is 2. The minimum absolute atomic E-state index is 0.0917. The Labute approximate surface area is 151 Å². The Morgan fingerprint density at radius 1 is 1.31 bits per heavy atom. The van der Waals surface area contributed by atoms with Crippen LogP contribution < -0.4 is 15.0 Å². The van der Waals surface area contributed by atoms with E-state index in [2.05, 4.69) is 34.6 Å². The molecule has 0 bridgehead atoms. The van der Waals surface area contributed by atoms with Gasteiger partial charge in [0.15, 0.2) is 0 Å². The third-order valence-corrected chi connectivity index (χ3v) is 4.27. The monoisotopic (exact) mass is 359 g/mol. The molecule has 1 fully saturated rings. The summed E-state index contributed by atoms with van der Waals surface area (Å²) in [5, 5.41) is 13.2. The number of nitro groups is 1. The van der Waals surface area contributed by atoms with Crippen molar-refractivity contribution in [2.45, 2.75) is 19.3 Å². The quantitative estimate of drug-likeness (QED) is 0.619. The van der Waals surface area contributed by atoms with Crippen LogP contribution in [0.4, 0.5) is 11.5 Å². The van der Waals surface area contributed by atoms with Gasteiger partial charge >= 0.3 is 5.82 Å². The summed E-state index contributed by atoms with van der Waals surface area (Å²) in [7, 11) is 4.00. The maximum Gasteiger partial charge on any atom is 0.406 e. The molecule has 0 unspecified atom stereocenters. The van der Waals surface area contributed by atoms with Crippen LogP contribution in [-0.4, -0.2) is 43.3 Å². The van der Waals surface area contributed by atoms with E-state index in [4.69, 9.17) is 9.47 Å². The van der Waals surface area contributed by atoms with Crippen LogP contribution in [0.5, 0.6) is 5.75 Å². The summed E-state index contributed by atoms with van der Waals surface area (Å²) in [6.45, 7) is 2.68. The standard InChI is InChI=1S/C18H22N4O4/c1-12-4-9-16(17(20-12)22(23)24)25-11-15-10-19-18(26-15)13-5-7-14(8-6-13)21(2)3/h4-9,15,18-19H,10-11H2,1-3H3/p+1/t15-,18-/m1/s1. The molecule has 8 nitrogen and oxygen atoms in total. The highest BCUT2D eigenvalue weighted by molar-refractivity contribution is 5.46. The van der Waals surface area contributed by atoms with Gasteiger partial charge in [0.1, 0.15) is 24.9 Å². The van der Waals surface area contributed by atoms with E-state index in [0.717, 1.165) is 17.8 Å². The highest BCUT2D eigenvalue weighted by Crippen LogP contribution is 2.25. The van der Waals surface area contributed by atoms with Gasteiger partial charge in [-0.2, -0.15) is 0 Å². The van der Waals surface area contributed by atoms with Crippen LogP contribution in [-0.2, 0) is 4.74 Å². The average molecular weight is 359 g/mol. The zero-order valence-corrected chi connectivity index (χ0v) is 15.1. The molecule has 138 valence electrons. The van der Waals surface area contributed by atoms with Gasteiger partial charge in [0.25, 0.3) is 0 Å². The van der Waals surface area contributed by atoms with Crippen LogP contribution in [0.1, 0.15) is 17.5 Å². The van der Waals surface area contributed by atoms with E-state index >= 15 is 0 Å². The number of hydrogen-bond donors (Lipinski definition) is 1. The molecule has 1 aromatic carbocycles. The fraction of sp³-hybridized carbons (Fsp3) is 0.389. The number of aryl methyl sites for hydroxylation is 1. The minimum atomic E-state index is -0.529. The lowest BCUT2D eigenvalue weighted by atomic mass is 10.2. The maximum atomic E-state index is 11.1. The van der Waals surface area contributed by atoms with E-state index in [-0.39, 0.29) is 30.5 Å². The predicted octanol–water partition coefficient (Wildman–Crippen LogP) is 1.40. The number of quaternary nitrogens is 1. The van der Waals surface area contributed by atoms with Gasteiger partial charge in [-0.3, -0.25) is 0 Å². The molecule has 2 heterocycles. The number of hydrogen-bond acceptors (Lipinski definition) is 6. The highest BCUT2D eigenvalue weighted by Gasteiger charge is 2.31. The SMILES string of the molecule is Cc1ccc(OC[C@H]2C[NH2+][C@@H](c3ccc(N(C)C)cc3)O2)c([N+](=O)[O-])n1. The Morgan fingerprint density at radius 3 is 2.69 bits per heavy atom. The zero-order chi connectivity index (χ0) is 18.7. The van der Waals surface area contributed by atoms with Crippen molar-refractivity contribution in [1.29, 1.82) is 0 Å². The van der Waals surface area contributed by atoms with E-state index in [1.807, 2.05) is 19.0 Å². The van der Waals surface area contributed by atoms with Crippen molar-refractivity contribution in [2.75, 3.05) is 32.1 Å². The smallest absolute Gasteiger partial charge is 0.406 e. The highest BCUT2D eigenvalue weighted by atomic mass is 16.6. The molecule has 0 aliphatic carbocycles. The summed E-state index contributed by atoms with van der Waals surface area (Å²) in [5.74, 6) is -0.0919. The van der Waals surface area contributed by atoms with Gasteiger partial charge in [-0.25, -0.2) is 0 Å². The normalized spacial score (nSPS) is 19.3. The summed E-state index contributed by atoms with van der Waals surface area (Å²) in [5.41, 5.74) is 2.79. The van der Waals surface area contributed by atoms with Crippen LogP contribution in [0.15, 0.2) is 36.4 Å². The lowest BCUT2D eigenvalue weighted by molar-refractivity contribution is -0.697. The van der Waals surface area contributed by atoms with Gasteiger partial charge in [0, 0.05) is 32.3 Å². The van der Waals surface area contributed by atoms with Crippen LogP contribution >= 0.6 is 0 Å². The zero-order valence-electron chi connectivity index (χ0n) is 15.1. The van der Waals surface area contributed by atoms with Crippen LogP contribution in [0.25, 0.3) is 0 Å². The van der Waals surface area contributed by atoms with Crippen molar-refractivity contribution in [1.82, 2.24) is 4.98 Å². The first-order valence-electron chi connectivity index (χ1n) is 8.45. The number of benzene rings is 1. The molecule has 3 rings (SSSR count). The molecule has 26 heavy (non-hydrogen) atoms. The van der Waals surface area contributed by atoms with Gasteiger partial charge in [-0.1, -0.05) is 0 Å². The van der Waals surface area contributed by atoms with Gasteiger partial charge in [-0.15, -0.1) is 0 Å². The Hall–Kier alpha value is -2.71. The first-order valence-corrected chi connectivity index (χ1v) is 8.45.